The first-order valence-electron chi connectivity index (χ1n) is 14.9. The van der Waals surface area contributed by atoms with E-state index >= 15 is 8.78 Å². The van der Waals surface area contributed by atoms with Crippen LogP contribution in [-0.4, -0.2) is 73.9 Å². The van der Waals surface area contributed by atoms with Gasteiger partial charge in [0.2, 0.25) is 11.6 Å². The number of hydrogen-bond acceptors (Lipinski definition) is 9. The van der Waals surface area contributed by atoms with Crippen LogP contribution < -0.4 is 25.0 Å². The first-order chi connectivity index (χ1) is 22.6. The molecule has 5 rings (SSSR count). The molecule has 1 saturated heterocycles. The maximum atomic E-state index is 16.3. The second kappa shape index (κ2) is 14.3. The van der Waals surface area contributed by atoms with Gasteiger partial charge in [0.05, 0.1) is 6.61 Å². The van der Waals surface area contributed by atoms with Gasteiger partial charge in [0.1, 0.15) is 22.7 Å². The van der Waals surface area contributed by atoms with Crippen molar-refractivity contribution in [2.45, 2.75) is 13.5 Å². The number of hydrogen-bond donors (Lipinski definition) is 2. The Bertz CT molecular complexity index is 1780. The van der Waals surface area contributed by atoms with Gasteiger partial charge >= 0.3 is 12.1 Å². The number of anilines is 2. The van der Waals surface area contributed by atoms with Crippen LogP contribution in [0, 0.1) is 11.6 Å². The Hall–Kier alpha value is -5.43. The average molecular weight is 648 g/mol. The van der Waals surface area contributed by atoms with E-state index in [1.165, 1.54) is 21.9 Å². The van der Waals surface area contributed by atoms with Gasteiger partial charge in [-0.3, -0.25) is 0 Å². The summed E-state index contributed by atoms with van der Waals surface area (Å²) in [7, 11) is 3.49. The largest absolute Gasteiger partial charge is 0.478 e. The van der Waals surface area contributed by atoms with E-state index in [1.54, 1.807) is 50.2 Å². The minimum Gasteiger partial charge on any atom is -0.478 e. The highest BCUT2D eigenvalue weighted by Crippen LogP contribution is 2.40. The maximum Gasteiger partial charge on any atom is 0.409 e. The molecule has 1 aromatic heterocycles. The predicted octanol–water partition coefficient (Wildman–Crippen LogP) is 6.11. The van der Waals surface area contributed by atoms with Crippen molar-refractivity contribution in [1.29, 1.82) is 0 Å². The highest BCUT2D eigenvalue weighted by Gasteiger charge is 2.31. The molecule has 1 aliphatic heterocycles. The van der Waals surface area contributed by atoms with Crippen LogP contribution >= 0.6 is 0 Å². The summed E-state index contributed by atoms with van der Waals surface area (Å²) in [6, 6.07) is 18.8. The van der Waals surface area contributed by atoms with Crippen molar-refractivity contribution < 1.29 is 37.7 Å². The third kappa shape index (κ3) is 7.36. The van der Waals surface area contributed by atoms with Crippen molar-refractivity contribution in [3.63, 3.8) is 0 Å². The Morgan fingerprint density at radius 2 is 1.57 bits per heavy atom. The quantitative estimate of drug-likeness (QED) is 0.208. The van der Waals surface area contributed by atoms with Gasteiger partial charge in [0.15, 0.2) is 0 Å². The molecule has 0 aliphatic carbocycles. The summed E-state index contributed by atoms with van der Waals surface area (Å²) < 4.78 is 49.3. The van der Waals surface area contributed by atoms with Gasteiger partial charge in [-0.2, -0.15) is 13.8 Å². The number of rotatable bonds is 10. The van der Waals surface area contributed by atoms with Gasteiger partial charge in [0.25, 0.3) is 11.8 Å². The summed E-state index contributed by atoms with van der Waals surface area (Å²) in [6.07, 6.45) is -0.519. The number of carboxylic acid groups (broad SMARTS) is 1. The minimum absolute atomic E-state index is 0.0685. The van der Waals surface area contributed by atoms with Crippen LogP contribution in [0.3, 0.4) is 0 Å². The fourth-order valence-corrected chi connectivity index (χ4v) is 5.11. The van der Waals surface area contributed by atoms with Crippen LogP contribution in [0.25, 0.3) is 11.1 Å². The molecule has 47 heavy (non-hydrogen) atoms. The molecule has 11 nitrogen and oxygen atoms in total. The predicted molar refractivity (Wildman–Crippen MR) is 173 cm³/mol. The standard InChI is InChI=1S/C34H35F2N5O6/c1-4-45-34(44)41-15-13-40(14-16-41)30-28(35)31(46-25-10-6-9-23(18-25)22-8-5-7-21(17-22)20-37)38-32(29(30)36)47-27-19-24(39(2)3)11-12-26(27)33(42)43/h5-12,17-19H,4,13-16,20,37H2,1-3H3,(H,42,43). The van der Waals surface area contributed by atoms with Gasteiger partial charge in [-0.05, 0) is 53.9 Å². The third-order valence-electron chi connectivity index (χ3n) is 7.58. The zero-order valence-electron chi connectivity index (χ0n) is 26.2. The molecule has 0 bridgehead atoms. The Balaban J connectivity index is 1.56. The molecule has 1 amide bonds. The molecule has 0 saturated carbocycles. The number of benzene rings is 3. The number of aromatic nitrogens is 1. The fourth-order valence-electron chi connectivity index (χ4n) is 5.11. The monoisotopic (exact) mass is 647 g/mol. The van der Waals surface area contributed by atoms with Crippen molar-refractivity contribution in [2.75, 3.05) is 56.7 Å². The summed E-state index contributed by atoms with van der Waals surface area (Å²) in [5, 5.41) is 9.81. The number of pyridine rings is 1. The second-order valence-corrected chi connectivity index (χ2v) is 10.9. The number of piperazine rings is 1. The average Bonchev–Trinajstić information content (AvgIpc) is 3.07. The molecule has 1 aliphatic rings. The molecule has 0 radical (unpaired) electrons. The van der Waals surface area contributed by atoms with Crippen molar-refractivity contribution in [3.8, 4) is 34.4 Å². The lowest BCUT2D eigenvalue weighted by Gasteiger charge is -2.35. The van der Waals surface area contributed by atoms with Gasteiger partial charge in [-0.15, -0.1) is 0 Å². The van der Waals surface area contributed by atoms with Crippen LogP contribution in [0.5, 0.6) is 23.3 Å². The van der Waals surface area contributed by atoms with E-state index in [2.05, 4.69) is 4.98 Å². The Morgan fingerprint density at radius 1 is 0.915 bits per heavy atom. The molecule has 0 atom stereocenters. The minimum atomic E-state index is -1.31. The first kappa shape index (κ1) is 32.9. The lowest BCUT2D eigenvalue weighted by Crippen LogP contribution is -2.49. The Labute approximate surface area is 270 Å². The van der Waals surface area contributed by atoms with Crippen molar-refractivity contribution >= 4 is 23.4 Å². The molecule has 0 spiro atoms. The molecular formula is C34H35F2N5O6. The van der Waals surface area contributed by atoms with Crippen molar-refractivity contribution in [3.05, 3.63) is 89.5 Å². The normalized spacial score (nSPS) is 12.9. The van der Waals surface area contributed by atoms with Crippen LogP contribution in [0.1, 0.15) is 22.8 Å². The van der Waals surface area contributed by atoms with Crippen LogP contribution in [0.4, 0.5) is 25.0 Å². The van der Waals surface area contributed by atoms with Gasteiger partial charge in [-0.1, -0.05) is 30.3 Å². The number of nitrogens with zero attached hydrogens (tertiary/aromatic N) is 4. The van der Waals surface area contributed by atoms with Crippen molar-refractivity contribution in [2.24, 2.45) is 5.73 Å². The zero-order valence-corrected chi connectivity index (χ0v) is 26.2. The molecular weight excluding hydrogens is 612 g/mol. The number of aromatic carboxylic acids is 1. The number of carbonyl (C=O) groups excluding carboxylic acids is 1. The number of ether oxygens (including phenoxy) is 3. The fraction of sp³-hybridized carbons (Fsp3) is 0.265. The maximum absolute atomic E-state index is 16.3. The number of carbonyl (C=O) groups is 2. The number of nitrogens with two attached hydrogens (primary N) is 1. The Morgan fingerprint density at radius 3 is 2.21 bits per heavy atom. The molecule has 246 valence electrons. The molecule has 3 aromatic carbocycles. The molecule has 1 fully saturated rings. The van der Waals surface area contributed by atoms with Crippen molar-refractivity contribution in [1.82, 2.24) is 9.88 Å². The summed E-state index contributed by atoms with van der Waals surface area (Å²) >= 11 is 0. The summed E-state index contributed by atoms with van der Waals surface area (Å²) in [5.74, 6) is -4.81. The number of halogens is 2. The van der Waals surface area contributed by atoms with E-state index in [0.717, 1.165) is 16.7 Å². The molecule has 13 heteroatoms. The van der Waals surface area contributed by atoms with E-state index in [-0.39, 0.29) is 49.8 Å². The third-order valence-corrected chi connectivity index (χ3v) is 7.58. The van der Waals surface area contributed by atoms with Gasteiger partial charge in [-0.25, -0.2) is 9.59 Å². The van der Waals surface area contributed by atoms with E-state index in [9.17, 15) is 14.7 Å². The molecule has 3 N–H and O–H groups in total. The topological polar surface area (TPSA) is 131 Å². The molecule has 0 unspecified atom stereocenters. The SMILES string of the molecule is CCOC(=O)N1CCN(c2c(F)c(Oc3cccc(-c4cccc(CN)c4)c3)nc(Oc3cc(N(C)C)ccc3C(=O)O)c2F)CC1. The van der Waals surface area contributed by atoms with E-state index in [4.69, 9.17) is 19.9 Å². The smallest absolute Gasteiger partial charge is 0.409 e. The van der Waals surface area contributed by atoms with E-state index < -0.39 is 41.1 Å². The number of amides is 1. The molecule has 2 heterocycles. The first-order valence-corrected chi connectivity index (χ1v) is 14.9. The summed E-state index contributed by atoms with van der Waals surface area (Å²) in [6.45, 7) is 2.67. The zero-order chi connectivity index (χ0) is 33.7. The van der Waals surface area contributed by atoms with E-state index in [1.807, 2.05) is 30.3 Å². The lowest BCUT2D eigenvalue weighted by atomic mass is 10.0. The van der Waals surface area contributed by atoms with Gasteiger partial charge < -0.3 is 39.8 Å². The highest BCUT2D eigenvalue weighted by atomic mass is 19.1. The van der Waals surface area contributed by atoms with Gasteiger partial charge in [0, 0.05) is 58.6 Å². The van der Waals surface area contributed by atoms with Crippen LogP contribution in [0.2, 0.25) is 0 Å². The van der Waals surface area contributed by atoms with Crippen LogP contribution in [-0.2, 0) is 11.3 Å². The lowest BCUT2D eigenvalue weighted by molar-refractivity contribution is 0.0693. The van der Waals surface area contributed by atoms with Crippen LogP contribution in [0.15, 0.2) is 66.7 Å². The number of carboxylic acids is 1. The molecule has 4 aromatic rings. The summed E-state index contributed by atoms with van der Waals surface area (Å²) in [5.41, 5.74) is 8.20. The second-order valence-electron chi connectivity index (χ2n) is 10.9. The van der Waals surface area contributed by atoms with E-state index in [0.29, 0.717) is 12.2 Å². The highest BCUT2D eigenvalue weighted by molar-refractivity contribution is 5.91. The summed E-state index contributed by atoms with van der Waals surface area (Å²) in [4.78, 5) is 32.9. The Kier molecular flexibility index (Phi) is 10.0.